The minimum absolute atomic E-state index is 0.101. The van der Waals surface area contributed by atoms with Gasteiger partial charge in [0.05, 0.1) is 11.1 Å². The van der Waals surface area contributed by atoms with Crippen molar-refractivity contribution < 1.29 is 14.5 Å². The van der Waals surface area contributed by atoms with Crippen molar-refractivity contribution in [3.63, 3.8) is 0 Å². The summed E-state index contributed by atoms with van der Waals surface area (Å²) in [6, 6.07) is 3.57. The molecule has 1 aliphatic heterocycles. The Morgan fingerprint density at radius 3 is 2.56 bits per heavy atom. The molecule has 4 nitrogen and oxygen atoms in total. The number of carbonyl (C=O) groups is 1. The smallest absolute Gasteiger partial charge is 0.221 e. The van der Waals surface area contributed by atoms with Gasteiger partial charge < -0.3 is 10.4 Å². The van der Waals surface area contributed by atoms with Crippen LogP contribution in [0.4, 0.5) is 11.4 Å². The van der Waals surface area contributed by atoms with Crippen LogP contribution in [0.2, 0.25) is 0 Å². The second-order valence-electron chi connectivity index (χ2n) is 5.34. The van der Waals surface area contributed by atoms with Crippen LogP contribution >= 0.6 is 0 Å². The van der Waals surface area contributed by atoms with E-state index < -0.39 is 0 Å². The summed E-state index contributed by atoms with van der Waals surface area (Å²) < 4.78 is 2.10. The zero-order valence-electron chi connectivity index (χ0n) is 11.5. The predicted molar refractivity (Wildman–Crippen MR) is 72.0 cm³/mol. The summed E-state index contributed by atoms with van der Waals surface area (Å²) in [5, 5.41) is 12.6. The van der Waals surface area contributed by atoms with Gasteiger partial charge in [0.2, 0.25) is 11.6 Å². The van der Waals surface area contributed by atoms with E-state index in [0.29, 0.717) is 5.69 Å². The van der Waals surface area contributed by atoms with Gasteiger partial charge in [-0.3, -0.25) is 4.79 Å². The van der Waals surface area contributed by atoms with E-state index in [4.69, 9.17) is 0 Å². The van der Waals surface area contributed by atoms with Crippen molar-refractivity contribution in [1.29, 1.82) is 0 Å². The van der Waals surface area contributed by atoms with E-state index in [1.807, 2.05) is 13.1 Å². The Labute approximate surface area is 107 Å². The highest BCUT2D eigenvalue weighted by Gasteiger charge is 2.42. The van der Waals surface area contributed by atoms with E-state index in [2.05, 4.69) is 30.7 Å². The predicted octanol–water partition coefficient (Wildman–Crippen LogP) is 2.38. The molecule has 1 aliphatic rings. The molecule has 0 aliphatic carbocycles. The highest BCUT2D eigenvalue weighted by Crippen LogP contribution is 2.43. The highest BCUT2D eigenvalue weighted by molar-refractivity contribution is 5.96. The Kier molecular flexibility index (Phi) is 2.69. The van der Waals surface area contributed by atoms with Gasteiger partial charge in [-0.15, -0.1) is 0 Å². The van der Waals surface area contributed by atoms with Crippen molar-refractivity contribution in [3.05, 3.63) is 17.7 Å². The zero-order valence-corrected chi connectivity index (χ0v) is 11.5. The molecule has 1 aromatic rings. The molecule has 1 heterocycles. The maximum atomic E-state index is 11.1. The monoisotopic (exact) mass is 247 g/mol. The van der Waals surface area contributed by atoms with Crippen molar-refractivity contribution in [1.82, 2.24) is 0 Å². The maximum absolute atomic E-state index is 11.1. The molecule has 0 aromatic heterocycles. The number of amides is 1. The van der Waals surface area contributed by atoms with Crippen LogP contribution in [-0.2, 0) is 10.2 Å². The van der Waals surface area contributed by atoms with Gasteiger partial charge in [0.15, 0.2) is 5.71 Å². The first-order chi connectivity index (χ1) is 8.25. The third kappa shape index (κ3) is 1.68. The van der Waals surface area contributed by atoms with Gasteiger partial charge in [-0.2, -0.15) is 0 Å². The van der Waals surface area contributed by atoms with E-state index in [9.17, 15) is 9.90 Å². The highest BCUT2D eigenvalue weighted by atomic mass is 16.3. The average molecular weight is 247 g/mol. The van der Waals surface area contributed by atoms with E-state index >= 15 is 0 Å². The van der Waals surface area contributed by atoms with Crippen molar-refractivity contribution in [2.45, 2.75) is 33.1 Å². The number of rotatable bonds is 1. The van der Waals surface area contributed by atoms with Crippen LogP contribution < -0.4 is 5.32 Å². The molecule has 0 bridgehead atoms. The molecule has 2 N–H and O–H groups in total. The summed E-state index contributed by atoms with van der Waals surface area (Å²) in [5.41, 5.74) is 3.68. The second kappa shape index (κ2) is 3.83. The molecule has 1 amide bonds. The number of carbonyl (C=O) groups excluding carboxylic acids is 1. The SMILES string of the molecule is CC(=O)Nc1cc2c(cc1O)C(C)(C)C(C)=[N+]2C. The van der Waals surface area contributed by atoms with Crippen molar-refractivity contribution >= 4 is 23.0 Å². The minimum atomic E-state index is -0.189. The number of nitrogens with one attached hydrogen (secondary N) is 1. The number of aromatic hydroxyl groups is 1. The van der Waals surface area contributed by atoms with Crippen LogP contribution in [0, 0.1) is 0 Å². The molecule has 96 valence electrons. The average Bonchev–Trinajstić information content (AvgIpc) is 2.42. The minimum Gasteiger partial charge on any atom is -0.506 e. The van der Waals surface area contributed by atoms with Gasteiger partial charge in [-0.05, 0) is 19.9 Å². The molecular formula is C14H19N2O2+. The van der Waals surface area contributed by atoms with Crippen molar-refractivity contribution in [3.8, 4) is 5.75 Å². The second-order valence-corrected chi connectivity index (χ2v) is 5.34. The summed E-state index contributed by atoms with van der Waals surface area (Å²) in [4.78, 5) is 11.1. The lowest BCUT2D eigenvalue weighted by Crippen LogP contribution is -2.25. The Balaban J connectivity index is 2.62. The maximum Gasteiger partial charge on any atom is 0.221 e. The van der Waals surface area contributed by atoms with Crippen LogP contribution in [0.5, 0.6) is 5.75 Å². The third-order valence-corrected chi connectivity index (χ3v) is 3.87. The molecule has 4 heteroatoms. The molecule has 0 saturated carbocycles. The molecule has 0 atom stereocenters. The fraction of sp³-hybridized carbons (Fsp3) is 0.429. The zero-order chi connectivity index (χ0) is 13.7. The van der Waals surface area contributed by atoms with Crippen molar-refractivity contribution in [2.24, 2.45) is 0 Å². The lowest BCUT2D eigenvalue weighted by Gasteiger charge is -2.15. The number of fused-ring (bicyclic) bond motifs is 1. The quantitative estimate of drug-likeness (QED) is 0.591. The fourth-order valence-electron chi connectivity index (χ4n) is 2.44. The van der Waals surface area contributed by atoms with Gasteiger partial charge in [-0.25, -0.2) is 4.58 Å². The fourth-order valence-corrected chi connectivity index (χ4v) is 2.44. The van der Waals surface area contributed by atoms with Crippen LogP contribution in [0.15, 0.2) is 12.1 Å². The van der Waals surface area contributed by atoms with E-state index in [0.717, 1.165) is 11.3 Å². The van der Waals surface area contributed by atoms with Gasteiger partial charge in [-0.1, -0.05) is 0 Å². The molecule has 0 saturated heterocycles. The number of hydrogen-bond acceptors (Lipinski definition) is 2. The van der Waals surface area contributed by atoms with Crippen molar-refractivity contribution in [2.75, 3.05) is 12.4 Å². The van der Waals surface area contributed by atoms with E-state index in [-0.39, 0.29) is 17.1 Å². The summed E-state index contributed by atoms with van der Waals surface area (Å²) in [5.74, 6) is -0.0778. The summed E-state index contributed by atoms with van der Waals surface area (Å²) >= 11 is 0. The summed E-state index contributed by atoms with van der Waals surface area (Å²) in [7, 11) is 2.00. The van der Waals surface area contributed by atoms with Crippen LogP contribution in [0.3, 0.4) is 0 Å². The molecule has 1 aromatic carbocycles. The Bertz CT molecular complexity index is 571. The van der Waals surface area contributed by atoms with Crippen LogP contribution in [0.25, 0.3) is 0 Å². The topological polar surface area (TPSA) is 52.3 Å². The van der Waals surface area contributed by atoms with Gasteiger partial charge >= 0.3 is 0 Å². The molecule has 18 heavy (non-hydrogen) atoms. The van der Waals surface area contributed by atoms with Gasteiger partial charge in [0.25, 0.3) is 0 Å². The molecule has 0 spiro atoms. The van der Waals surface area contributed by atoms with Crippen LogP contribution in [-0.4, -0.2) is 28.3 Å². The number of hydrogen-bond donors (Lipinski definition) is 2. The summed E-state index contributed by atoms with van der Waals surface area (Å²) in [6.45, 7) is 7.76. The lowest BCUT2D eigenvalue weighted by molar-refractivity contribution is -0.403. The number of nitrogens with zero attached hydrogens (tertiary/aromatic N) is 1. The first-order valence-electron chi connectivity index (χ1n) is 5.98. The molecule has 0 unspecified atom stereocenters. The molecule has 0 fully saturated rings. The Morgan fingerprint density at radius 1 is 1.39 bits per heavy atom. The Hall–Kier alpha value is -1.84. The van der Waals surface area contributed by atoms with Gasteiger partial charge in [0.1, 0.15) is 12.8 Å². The Morgan fingerprint density at radius 2 is 2.00 bits per heavy atom. The lowest BCUT2D eigenvalue weighted by atomic mass is 9.82. The molecule has 0 radical (unpaired) electrons. The largest absolute Gasteiger partial charge is 0.506 e. The third-order valence-electron chi connectivity index (χ3n) is 3.87. The summed E-state index contributed by atoms with van der Waals surface area (Å²) in [6.07, 6.45) is 0. The van der Waals surface area contributed by atoms with Gasteiger partial charge in [0, 0.05) is 25.5 Å². The standard InChI is InChI=1S/C14H18N2O2/c1-8-14(3,4)10-6-13(18)11(15-9(2)17)7-12(10)16(8)5/h6-7H,1-5H3,(H-,15,17,18)/p+1. The number of benzene rings is 1. The molecular weight excluding hydrogens is 228 g/mol. The van der Waals surface area contributed by atoms with E-state index in [1.165, 1.54) is 12.6 Å². The first-order valence-corrected chi connectivity index (χ1v) is 5.98. The normalized spacial score (nSPS) is 16.7. The number of phenols is 1. The number of anilines is 1. The van der Waals surface area contributed by atoms with E-state index in [1.54, 1.807) is 6.07 Å². The first kappa shape index (κ1) is 12.6. The number of phenolic OH excluding ortho intramolecular Hbond substituents is 1. The van der Waals surface area contributed by atoms with Crippen LogP contribution in [0.1, 0.15) is 33.3 Å². The molecule has 2 rings (SSSR count).